The van der Waals surface area contributed by atoms with Crippen molar-refractivity contribution in [2.75, 3.05) is 0 Å². The molecule has 0 amide bonds. The predicted molar refractivity (Wildman–Crippen MR) is 123 cm³/mol. The van der Waals surface area contributed by atoms with Crippen LogP contribution in [0.2, 0.25) is 26.2 Å². The minimum Gasteiger partial charge on any atom is -0.839 e. The topological polar surface area (TPSA) is 32.3 Å². The molecule has 0 saturated carbocycles. The molecule has 0 N–H and O–H groups in total. The van der Waals surface area contributed by atoms with Crippen molar-refractivity contribution < 1.29 is 27.8 Å². The molecule has 0 heterocycles. The van der Waals surface area contributed by atoms with Gasteiger partial charge in [-0.25, -0.2) is 0 Å². The van der Waals surface area contributed by atoms with Crippen molar-refractivity contribution >= 4 is 16.9 Å². The first-order chi connectivity index (χ1) is 13.2. The zero-order valence-corrected chi connectivity index (χ0v) is 21.3. The standard InChI is InChI=1S/C24H37O2Si2.Li/c1-6-7-10-19-23(21-15-11-8-12-16-21)20-24(22-17-13-9-14-18-22)27(2,3)26-28(4,5)25;/h8-9,11-18,23-24H,6-7,10,19-20H2,1-5H3;/q-1;+1. The SMILES string of the molecule is CCCCCC(CC(c1ccccc1)[Si](C)(C)O[Si](C)(C)[O-])c1ccccc1.[Li+]. The fourth-order valence-corrected chi connectivity index (χ4v) is 11.8. The van der Waals surface area contributed by atoms with Gasteiger partial charge in [0.2, 0.25) is 0 Å². The van der Waals surface area contributed by atoms with E-state index >= 15 is 0 Å². The van der Waals surface area contributed by atoms with Crippen LogP contribution in [0.5, 0.6) is 0 Å². The molecule has 2 atom stereocenters. The van der Waals surface area contributed by atoms with Crippen molar-refractivity contribution in [1.82, 2.24) is 0 Å². The molecular formula is C24H37LiO2Si2. The molecule has 2 rings (SSSR count). The summed E-state index contributed by atoms with van der Waals surface area (Å²) < 4.78 is 6.33. The smallest absolute Gasteiger partial charge is 0.839 e. The van der Waals surface area contributed by atoms with Crippen LogP contribution >= 0.6 is 0 Å². The summed E-state index contributed by atoms with van der Waals surface area (Å²) in [6.45, 7) is 10.3. The van der Waals surface area contributed by atoms with Gasteiger partial charge in [0.05, 0.1) is 8.56 Å². The second kappa shape index (κ2) is 12.3. The summed E-state index contributed by atoms with van der Waals surface area (Å²) in [5.41, 5.74) is 3.07. The Morgan fingerprint density at radius 1 is 0.828 bits per heavy atom. The summed E-state index contributed by atoms with van der Waals surface area (Å²) in [5.74, 6) is 0.504. The summed E-state index contributed by atoms with van der Waals surface area (Å²) in [6.07, 6.45) is 6.02. The van der Waals surface area contributed by atoms with Crippen LogP contribution < -0.4 is 23.7 Å². The Labute approximate surface area is 192 Å². The first-order valence-corrected chi connectivity index (χ1v) is 16.5. The predicted octanol–water partition coefficient (Wildman–Crippen LogP) is 3.35. The maximum Gasteiger partial charge on any atom is 1.00 e. The summed E-state index contributed by atoms with van der Waals surface area (Å²) in [7, 11) is -5.04. The minimum atomic E-state index is -2.84. The summed E-state index contributed by atoms with van der Waals surface area (Å²) in [4.78, 5) is 12.6. The van der Waals surface area contributed by atoms with Crippen LogP contribution in [-0.2, 0) is 4.12 Å². The Balaban J connectivity index is 0.00000420. The van der Waals surface area contributed by atoms with Crippen LogP contribution in [0.25, 0.3) is 0 Å². The molecule has 2 nitrogen and oxygen atoms in total. The molecule has 154 valence electrons. The largest absolute Gasteiger partial charge is 1.00 e. The molecule has 0 radical (unpaired) electrons. The van der Waals surface area contributed by atoms with E-state index < -0.39 is 16.9 Å². The van der Waals surface area contributed by atoms with E-state index in [1.165, 1.54) is 36.8 Å². The maximum absolute atomic E-state index is 12.6. The summed E-state index contributed by atoms with van der Waals surface area (Å²) in [5, 5.41) is 0. The molecule has 5 heteroatoms. The van der Waals surface area contributed by atoms with Gasteiger partial charge in [0.25, 0.3) is 0 Å². The molecule has 0 aromatic heterocycles. The van der Waals surface area contributed by atoms with Crippen LogP contribution in [0, 0.1) is 0 Å². The van der Waals surface area contributed by atoms with E-state index in [0.29, 0.717) is 11.5 Å². The second-order valence-electron chi connectivity index (χ2n) is 8.91. The molecule has 0 aliphatic carbocycles. The van der Waals surface area contributed by atoms with E-state index in [1.807, 2.05) is 0 Å². The third-order valence-corrected chi connectivity index (χ3v) is 11.8. The second-order valence-corrected chi connectivity index (χ2v) is 16.4. The molecule has 0 bridgehead atoms. The van der Waals surface area contributed by atoms with E-state index in [4.69, 9.17) is 4.12 Å². The van der Waals surface area contributed by atoms with Crippen molar-refractivity contribution in [2.24, 2.45) is 0 Å². The van der Waals surface area contributed by atoms with E-state index in [-0.39, 0.29) is 18.9 Å². The molecule has 0 saturated heterocycles. The van der Waals surface area contributed by atoms with Crippen LogP contribution in [0.3, 0.4) is 0 Å². The molecule has 2 aromatic carbocycles. The van der Waals surface area contributed by atoms with Gasteiger partial charge in [-0.3, -0.25) is 0 Å². The van der Waals surface area contributed by atoms with Gasteiger partial charge in [0, 0.05) is 5.54 Å². The Morgan fingerprint density at radius 2 is 1.34 bits per heavy atom. The average Bonchev–Trinajstić information content (AvgIpc) is 2.64. The number of unbranched alkanes of at least 4 members (excludes halogenated alkanes) is 2. The van der Waals surface area contributed by atoms with E-state index in [1.54, 1.807) is 13.1 Å². The zero-order chi connectivity index (χ0) is 20.6. The number of hydrogen-bond donors (Lipinski definition) is 0. The fraction of sp³-hybridized carbons (Fsp3) is 0.500. The van der Waals surface area contributed by atoms with Crippen molar-refractivity contribution in [2.45, 2.75) is 76.7 Å². The maximum atomic E-state index is 12.6. The molecule has 0 aliphatic rings. The van der Waals surface area contributed by atoms with Gasteiger partial charge in [-0.1, -0.05) is 99.9 Å². The van der Waals surface area contributed by atoms with E-state index in [0.717, 1.165) is 6.42 Å². The van der Waals surface area contributed by atoms with E-state index in [2.05, 4.69) is 80.7 Å². The third kappa shape index (κ3) is 8.96. The van der Waals surface area contributed by atoms with Crippen LogP contribution in [0.1, 0.15) is 61.6 Å². The number of hydrogen-bond acceptors (Lipinski definition) is 2. The van der Waals surface area contributed by atoms with Crippen LogP contribution in [-0.4, -0.2) is 16.9 Å². The van der Waals surface area contributed by atoms with Gasteiger partial charge in [-0.2, -0.15) is 0 Å². The van der Waals surface area contributed by atoms with Gasteiger partial charge in [0.15, 0.2) is 8.32 Å². The number of benzene rings is 2. The van der Waals surface area contributed by atoms with Crippen molar-refractivity contribution in [3.05, 3.63) is 71.8 Å². The van der Waals surface area contributed by atoms with Gasteiger partial charge >= 0.3 is 18.9 Å². The van der Waals surface area contributed by atoms with Crippen molar-refractivity contribution in [3.8, 4) is 0 Å². The first kappa shape index (κ1) is 26.4. The fourth-order valence-electron chi connectivity index (χ4n) is 4.28. The Hall–Kier alpha value is -0.609. The van der Waals surface area contributed by atoms with Gasteiger partial charge in [-0.15, -0.1) is 0 Å². The minimum absolute atomic E-state index is 0. The zero-order valence-electron chi connectivity index (χ0n) is 19.3. The molecule has 0 spiro atoms. The molecule has 0 aliphatic heterocycles. The van der Waals surface area contributed by atoms with Crippen molar-refractivity contribution in [1.29, 1.82) is 0 Å². The monoisotopic (exact) mass is 420 g/mol. The summed E-state index contributed by atoms with van der Waals surface area (Å²) >= 11 is 0. The molecule has 29 heavy (non-hydrogen) atoms. The van der Waals surface area contributed by atoms with Crippen molar-refractivity contribution in [3.63, 3.8) is 0 Å². The van der Waals surface area contributed by atoms with Crippen LogP contribution in [0.4, 0.5) is 0 Å². The Bertz CT molecular complexity index is 687. The van der Waals surface area contributed by atoms with Gasteiger partial charge < -0.3 is 8.91 Å². The quantitative estimate of drug-likeness (QED) is 0.412. The Kier molecular flexibility index (Phi) is 11.2. The third-order valence-electron chi connectivity index (χ3n) is 5.50. The Morgan fingerprint density at radius 3 is 1.83 bits per heavy atom. The van der Waals surface area contributed by atoms with E-state index in [9.17, 15) is 4.80 Å². The van der Waals surface area contributed by atoms with Gasteiger partial charge in [-0.05, 0) is 43.0 Å². The molecular weight excluding hydrogens is 383 g/mol. The molecule has 2 aromatic rings. The molecule has 2 unspecified atom stereocenters. The number of rotatable bonds is 11. The van der Waals surface area contributed by atoms with Gasteiger partial charge in [0.1, 0.15) is 0 Å². The summed E-state index contributed by atoms with van der Waals surface area (Å²) in [6, 6.07) is 21.6. The van der Waals surface area contributed by atoms with Crippen LogP contribution in [0.15, 0.2) is 60.7 Å². The molecule has 0 fully saturated rings. The first-order valence-electron chi connectivity index (χ1n) is 10.7. The average molecular weight is 421 g/mol. The normalized spacial score (nSPS) is 14.1.